The number of likely N-dealkylation sites (N-methyl/N-ethyl adjacent to an activating group) is 1. The lowest BCUT2D eigenvalue weighted by molar-refractivity contribution is 0.0815. The number of hydrogen-bond donors (Lipinski definition) is 2. The Bertz CT molecular complexity index is 1400. The van der Waals surface area contributed by atoms with Crippen LogP contribution in [0.3, 0.4) is 0 Å². The molecule has 0 spiro atoms. The molecule has 0 bridgehead atoms. The number of methoxy groups -OCH3 is 1. The van der Waals surface area contributed by atoms with Gasteiger partial charge in [0.05, 0.1) is 18.5 Å². The smallest absolute Gasteiger partial charge is 0.218 e. The number of pyridine rings is 1. The van der Waals surface area contributed by atoms with Gasteiger partial charge in [0, 0.05) is 61.8 Å². The Kier molecular flexibility index (Phi) is 7.30. The van der Waals surface area contributed by atoms with Crippen LogP contribution in [0.5, 0.6) is 5.88 Å². The third-order valence-corrected chi connectivity index (χ3v) is 8.27. The molecular weight excluding hydrogens is 490 g/mol. The van der Waals surface area contributed by atoms with Crippen LogP contribution in [0.1, 0.15) is 37.3 Å². The first kappa shape index (κ1) is 25.5. The second-order valence-electron chi connectivity index (χ2n) is 10.7. The molecule has 0 amide bonds. The Morgan fingerprint density at radius 1 is 0.949 bits per heavy atom. The number of rotatable bonds is 7. The Labute approximate surface area is 229 Å². The van der Waals surface area contributed by atoms with E-state index in [1.165, 1.54) is 25.9 Å². The molecule has 1 aromatic carbocycles. The van der Waals surface area contributed by atoms with Crippen LogP contribution in [0.15, 0.2) is 48.9 Å². The predicted octanol–water partition coefficient (Wildman–Crippen LogP) is 3.82. The number of nitrogens with one attached hydrogen (secondary N) is 1. The van der Waals surface area contributed by atoms with E-state index in [9.17, 15) is 0 Å². The van der Waals surface area contributed by atoms with E-state index in [0.29, 0.717) is 30.3 Å². The van der Waals surface area contributed by atoms with Crippen LogP contribution in [0.25, 0.3) is 22.3 Å². The highest BCUT2D eigenvalue weighted by Crippen LogP contribution is 2.37. The van der Waals surface area contributed by atoms with Crippen molar-refractivity contribution in [3.05, 3.63) is 54.5 Å². The zero-order valence-corrected chi connectivity index (χ0v) is 22.8. The number of nitrogen functional groups attached to an aromatic ring is 1. The Morgan fingerprint density at radius 3 is 2.44 bits per heavy atom. The molecule has 4 heterocycles. The monoisotopic (exact) mass is 527 g/mol. The fourth-order valence-electron chi connectivity index (χ4n) is 5.99. The second-order valence-corrected chi connectivity index (χ2v) is 10.7. The molecule has 0 atom stereocenters. The number of aromatic nitrogens is 5. The Balaban J connectivity index is 1.20. The van der Waals surface area contributed by atoms with Crippen molar-refractivity contribution in [2.45, 2.75) is 44.3 Å². The average molecular weight is 528 g/mol. The van der Waals surface area contributed by atoms with Crippen molar-refractivity contribution >= 4 is 22.5 Å². The van der Waals surface area contributed by atoms with Crippen LogP contribution in [0.2, 0.25) is 0 Å². The molecule has 1 saturated carbocycles. The summed E-state index contributed by atoms with van der Waals surface area (Å²) in [6.45, 7) is 5.28. The lowest BCUT2D eigenvalue weighted by Gasteiger charge is -2.41. The fourth-order valence-corrected chi connectivity index (χ4v) is 5.99. The standard InChI is InChI=1S/C29H37N9O/c1-36-14-16-37(17-15-36)23-9-11-24(12-10-23)38-28-25(27(30)33-19-34-28)26(35-38)20-5-7-22(8-6-20)32-18-21-4-3-13-31-29(21)39-2/h3-8,13,19,23-24,32H,9-12,14-18H2,1-2H3,(H2,30,33,34)/t23-,24-. The van der Waals surface area contributed by atoms with E-state index in [1.54, 1.807) is 19.6 Å². The van der Waals surface area contributed by atoms with Gasteiger partial charge in [-0.05, 0) is 50.9 Å². The molecule has 39 heavy (non-hydrogen) atoms. The molecule has 0 radical (unpaired) electrons. The minimum atomic E-state index is 0.315. The molecule has 1 aliphatic heterocycles. The number of fused-ring (bicyclic) bond motifs is 1. The normalized spacial score (nSPS) is 20.8. The van der Waals surface area contributed by atoms with Gasteiger partial charge in [-0.2, -0.15) is 5.10 Å². The van der Waals surface area contributed by atoms with Gasteiger partial charge in [-0.3, -0.25) is 4.90 Å². The fraction of sp³-hybridized carbons (Fsp3) is 0.448. The highest BCUT2D eigenvalue weighted by molar-refractivity contribution is 5.98. The summed E-state index contributed by atoms with van der Waals surface area (Å²) in [4.78, 5) is 18.3. The molecule has 0 unspecified atom stereocenters. The third-order valence-electron chi connectivity index (χ3n) is 8.27. The maximum atomic E-state index is 6.39. The summed E-state index contributed by atoms with van der Waals surface area (Å²) >= 11 is 0. The van der Waals surface area contributed by atoms with E-state index in [0.717, 1.165) is 59.5 Å². The maximum absolute atomic E-state index is 6.39. The highest BCUT2D eigenvalue weighted by atomic mass is 16.5. The van der Waals surface area contributed by atoms with Gasteiger partial charge in [-0.25, -0.2) is 19.6 Å². The first-order valence-corrected chi connectivity index (χ1v) is 13.8. The quantitative estimate of drug-likeness (QED) is 0.371. The number of ether oxygens (including phenoxy) is 1. The minimum Gasteiger partial charge on any atom is -0.481 e. The van der Waals surface area contributed by atoms with Crippen LogP contribution in [-0.2, 0) is 6.54 Å². The molecule has 1 saturated heterocycles. The van der Waals surface area contributed by atoms with Crippen molar-refractivity contribution < 1.29 is 4.74 Å². The van der Waals surface area contributed by atoms with E-state index in [1.807, 2.05) is 12.1 Å². The van der Waals surface area contributed by atoms with Crippen molar-refractivity contribution in [2.75, 3.05) is 51.4 Å². The van der Waals surface area contributed by atoms with Crippen molar-refractivity contribution in [3.63, 3.8) is 0 Å². The SMILES string of the molecule is COc1ncccc1CNc1ccc(-c2nn([C@H]3CC[C@H](N4CCN(C)CC4)CC3)c3ncnc(N)c23)cc1. The van der Waals surface area contributed by atoms with Gasteiger partial charge < -0.3 is 20.7 Å². The zero-order valence-electron chi connectivity index (χ0n) is 22.8. The molecule has 6 rings (SSSR count). The van der Waals surface area contributed by atoms with Crippen molar-refractivity contribution in [1.29, 1.82) is 0 Å². The first-order valence-electron chi connectivity index (χ1n) is 13.8. The predicted molar refractivity (Wildman–Crippen MR) is 154 cm³/mol. The van der Waals surface area contributed by atoms with Gasteiger partial charge in [0.1, 0.15) is 17.8 Å². The molecule has 10 heteroatoms. The lowest BCUT2D eigenvalue weighted by atomic mass is 9.90. The maximum Gasteiger partial charge on any atom is 0.218 e. The van der Waals surface area contributed by atoms with Gasteiger partial charge in [0.25, 0.3) is 0 Å². The van der Waals surface area contributed by atoms with Gasteiger partial charge in [-0.1, -0.05) is 18.2 Å². The lowest BCUT2D eigenvalue weighted by Crippen LogP contribution is -2.49. The summed E-state index contributed by atoms with van der Waals surface area (Å²) in [6.07, 6.45) is 7.85. The summed E-state index contributed by atoms with van der Waals surface area (Å²) in [5, 5.41) is 9.39. The van der Waals surface area contributed by atoms with Gasteiger partial charge in [0.15, 0.2) is 5.65 Å². The Hall–Kier alpha value is -3.76. The summed E-state index contributed by atoms with van der Waals surface area (Å²) in [5.74, 6) is 1.10. The third kappa shape index (κ3) is 5.26. The number of nitrogens with zero attached hydrogens (tertiary/aromatic N) is 7. The van der Waals surface area contributed by atoms with Crippen molar-refractivity contribution in [1.82, 2.24) is 34.5 Å². The molecule has 204 valence electrons. The van der Waals surface area contributed by atoms with Crippen molar-refractivity contribution in [3.8, 4) is 17.1 Å². The summed E-state index contributed by atoms with van der Waals surface area (Å²) < 4.78 is 7.48. The van der Waals surface area contributed by atoms with Gasteiger partial charge in [-0.15, -0.1) is 0 Å². The largest absolute Gasteiger partial charge is 0.481 e. The number of nitrogens with two attached hydrogens (primary N) is 1. The molecule has 10 nitrogen and oxygen atoms in total. The van der Waals surface area contributed by atoms with Crippen LogP contribution >= 0.6 is 0 Å². The molecule has 3 N–H and O–H groups in total. The average Bonchev–Trinajstić information content (AvgIpc) is 3.38. The van der Waals surface area contributed by atoms with Crippen LogP contribution in [0.4, 0.5) is 11.5 Å². The molecule has 1 aliphatic carbocycles. The summed E-state index contributed by atoms with van der Waals surface area (Å²) in [5.41, 5.74) is 11.1. The topological polar surface area (TPSA) is 110 Å². The van der Waals surface area contributed by atoms with Gasteiger partial charge >= 0.3 is 0 Å². The number of piperazine rings is 1. The molecular formula is C29H37N9O. The highest BCUT2D eigenvalue weighted by Gasteiger charge is 2.30. The molecule has 2 aliphatic rings. The van der Waals surface area contributed by atoms with Crippen LogP contribution in [0, 0.1) is 0 Å². The molecule has 4 aromatic rings. The van der Waals surface area contributed by atoms with Crippen LogP contribution < -0.4 is 15.8 Å². The molecule has 2 fully saturated rings. The summed E-state index contributed by atoms with van der Waals surface area (Å²) in [7, 11) is 3.85. The van der Waals surface area contributed by atoms with E-state index in [4.69, 9.17) is 15.6 Å². The molecule has 3 aromatic heterocycles. The minimum absolute atomic E-state index is 0.315. The van der Waals surface area contributed by atoms with E-state index in [2.05, 4.69) is 66.1 Å². The zero-order chi connectivity index (χ0) is 26.8. The van der Waals surface area contributed by atoms with E-state index < -0.39 is 0 Å². The number of anilines is 2. The van der Waals surface area contributed by atoms with Gasteiger partial charge in [0.2, 0.25) is 5.88 Å². The van der Waals surface area contributed by atoms with E-state index in [-0.39, 0.29) is 0 Å². The Morgan fingerprint density at radius 2 is 1.69 bits per heavy atom. The summed E-state index contributed by atoms with van der Waals surface area (Å²) in [6, 6.07) is 13.2. The first-order chi connectivity index (χ1) is 19.1. The number of benzene rings is 1. The second kappa shape index (κ2) is 11.2. The van der Waals surface area contributed by atoms with E-state index >= 15 is 0 Å². The number of hydrogen-bond acceptors (Lipinski definition) is 9. The van der Waals surface area contributed by atoms with Crippen LogP contribution in [-0.4, -0.2) is 80.9 Å². The van der Waals surface area contributed by atoms with Crippen molar-refractivity contribution in [2.24, 2.45) is 0 Å².